The monoisotopic (exact) mass is 203 g/mol. The minimum absolute atomic E-state index is 0.124. The van der Waals surface area contributed by atoms with Crippen LogP contribution in [0, 0.1) is 23.4 Å². The number of hydrogen-bond donors (Lipinski definition) is 1. The second kappa shape index (κ2) is 4.46. The van der Waals surface area contributed by atoms with Crippen molar-refractivity contribution in [2.24, 2.45) is 11.7 Å². The molecule has 0 bridgehead atoms. The Kier molecular flexibility index (Phi) is 3.52. The number of halogens is 3. The van der Waals surface area contributed by atoms with Crippen LogP contribution in [0.25, 0.3) is 0 Å². The standard InChI is InChI=1S/C10H12F3N/c1-6(5-14)2-7-3-8(11)10(13)9(12)4-7/h3-4,6H,2,5,14H2,1H3. The third kappa shape index (κ3) is 2.48. The molecule has 0 saturated carbocycles. The van der Waals surface area contributed by atoms with E-state index in [1.165, 1.54) is 0 Å². The van der Waals surface area contributed by atoms with Crippen LogP contribution in [-0.4, -0.2) is 6.54 Å². The Bertz CT molecular complexity index is 302. The molecule has 0 heterocycles. The molecular formula is C10H12F3N. The molecule has 0 spiro atoms. The molecule has 0 aromatic heterocycles. The van der Waals surface area contributed by atoms with Crippen molar-refractivity contribution in [3.05, 3.63) is 35.1 Å². The first kappa shape index (κ1) is 11.0. The molecule has 78 valence electrons. The summed E-state index contributed by atoms with van der Waals surface area (Å²) >= 11 is 0. The fourth-order valence-electron chi connectivity index (χ4n) is 1.21. The van der Waals surface area contributed by atoms with Crippen molar-refractivity contribution in [1.29, 1.82) is 0 Å². The molecule has 0 saturated heterocycles. The Morgan fingerprint density at radius 2 is 1.71 bits per heavy atom. The van der Waals surface area contributed by atoms with Crippen LogP contribution in [0.3, 0.4) is 0 Å². The highest BCUT2D eigenvalue weighted by molar-refractivity contribution is 5.19. The highest BCUT2D eigenvalue weighted by Gasteiger charge is 2.11. The summed E-state index contributed by atoms with van der Waals surface area (Å²) in [7, 11) is 0. The number of benzene rings is 1. The van der Waals surface area contributed by atoms with E-state index in [0.29, 0.717) is 18.5 Å². The van der Waals surface area contributed by atoms with Crippen LogP contribution in [-0.2, 0) is 6.42 Å². The maximum atomic E-state index is 12.7. The highest BCUT2D eigenvalue weighted by atomic mass is 19.2. The van der Waals surface area contributed by atoms with Gasteiger partial charge in [-0.3, -0.25) is 0 Å². The van der Waals surface area contributed by atoms with Gasteiger partial charge in [-0.15, -0.1) is 0 Å². The van der Waals surface area contributed by atoms with E-state index in [9.17, 15) is 13.2 Å². The van der Waals surface area contributed by atoms with Gasteiger partial charge in [0.25, 0.3) is 0 Å². The van der Waals surface area contributed by atoms with Gasteiger partial charge < -0.3 is 5.73 Å². The summed E-state index contributed by atoms with van der Waals surface area (Å²) in [6.45, 7) is 2.29. The molecule has 0 amide bonds. The van der Waals surface area contributed by atoms with E-state index < -0.39 is 17.5 Å². The van der Waals surface area contributed by atoms with Crippen molar-refractivity contribution in [2.45, 2.75) is 13.3 Å². The first-order chi connectivity index (χ1) is 6.54. The molecule has 1 nitrogen and oxygen atoms in total. The Hall–Kier alpha value is -1.03. The van der Waals surface area contributed by atoms with Gasteiger partial charge in [-0.2, -0.15) is 0 Å². The number of hydrogen-bond acceptors (Lipinski definition) is 1. The summed E-state index contributed by atoms with van der Waals surface area (Å²) in [6.07, 6.45) is 0.449. The third-order valence-corrected chi connectivity index (χ3v) is 2.03. The van der Waals surface area contributed by atoms with Crippen molar-refractivity contribution >= 4 is 0 Å². The van der Waals surface area contributed by atoms with Crippen molar-refractivity contribution in [2.75, 3.05) is 6.54 Å². The van der Waals surface area contributed by atoms with Crippen molar-refractivity contribution in [1.82, 2.24) is 0 Å². The lowest BCUT2D eigenvalue weighted by molar-refractivity contribution is 0.443. The number of rotatable bonds is 3. The van der Waals surface area contributed by atoms with Gasteiger partial charge in [0.05, 0.1) is 0 Å². The van der Waals surface area contributed by atoms with E-state index in [1.54, 1.807) is 0 Å². The first-order valence-corrected chi connectivity index (χ1v) is 4.38. The predicted octanol–water partition coefficient (Wildman–Crippen LogP) is 2.24. The number of nitrogens with two attached hydrogens (primary N) is 1. The molecule has 0 aliphatic heterocycles. The summed E-state index contributed by atoms with van der Waals surface area (Å²) in [6, 6.07) is 2.01. The lowest BCUT2D eigenvalue weighted by Gasteiger charge is -2.08. The predicted molar refractivity (Wildman–Crippen MR) is 48.2 cm³/mol. The molecule has 1 aromatic rings. The van der Waals surface area contributed by atoms with Crippen LogP contribution < -0.4 is 5.73 Å². The molecule has 1 rings (SSSR count). The zero-order valence-electron chi connectivity index (χ0n) is 7.86. The zero-order chi connectivity index (χ0) is 10.7. The Balaban J connectivity index is 2.89. The van der Waals surface area contributed by atoms with E-state index in [0.717, 1.165) is 12.1 Å². The van der Waals surface area contributed by atoms with Gasteiger partial charge in [0.2, 0.25) is 0 Å². The van der Waals surface area contributed by atoms with Crippen LogP contribution in [0.5, 0.6) is 0 Å². The van der Waals surface area contributed by atoms with Gasteiger partial charge in [-0.05, 0) is 36.6 Å². The lowest BCUT2D eigenvalue weighted by Crippen LogP contribution is -2.13. The molecule has 0 radical (unpaired) electrons. The molecule has 0 aliphatic rings. The van der Waals surface area contributed by atoms with Gasteiger partial charge >= 0.3 is 0 Å². The van der Waals surface area contributed by atoms with Gasteiger partial charge in [0, 0.05) is 0 Å². The molecule has 4 heteroatoms. The van der Waals surface area contributed by atoms with Crippen molar-refractivity contribution in [3.8, 4) is 0 Å². The SMILES string of the molecule is CC(CN)Cc1cc(F)c(F)c(F)c1. The molecule has 0 fully saturated rings. The fourth-order valence-corrected chi connectivity index (χ4v) is 1.21. The van der Waals surface area contributed by atoms with Gasteiger partial charge in [-0.1, -0.05) is 6.92 Å². The van der Waals surface area contributed by atoms with Crippen LogP contribution >= 0.6 is 0 Å². The van der Waals surface area contributed by atoms with E-state index >= 15 is 0 Å². The van der Waals surface area contributed by atoms with Crippen LogP contribution in [0.4, 0.5) is 13.2 Å². The van der Waals surface area contributed by atoms with Gasteiger partial charge in [0.15, 0.2) is 17.5 Å². The first-order valence-electron chi connectivity index (χ1n) is 4.38. The summed E-state index contributed by atoms with van der Waals surface area (Å²) in [5.41, 5.74) is 5.79. The molecule has 2 N–H and O–H groups in total. The second-order valence-corrected chi connectivity index (χ2v) is 3.42. The van der Waals surface area contributed by atoms with Gasteiger partial charge in [0.1, 0.15) is 0 Å². The molecule has 1 aromatic carbocycles. The normalized spacial score (nSPS) is 12.9. The summed E-state index contributed by atoms with van der Waals surface area (Å²) in [5.74, 6) is -3.60. The topological polar surface area (TPSA) is 26.0 Å². The quantitative estimate of drug-likeness (QED) is 0.749. The molecule has 1 atom stereocenters. The molecule has 14 heavy (non-hydrogen) atoms. The molecule has 0 aliphatic carbocycles. The summed E-state index contributed by atoms with van der Waals surface area (Å²) in [4.78, 5) is 0. The minimum atomic E-state index is -1.42. The summed E-state index contributed by atoms with van der Waals surface area (Å²) in [5, 5.41) is 0. The maximum Gasteiger partial charge on any atom is 0.194 e. The second-order valence-electron chi connectivity index (χ2n) is 3.42. The van der Waals surface area contributed by atoms with Crippen molar-refractivity contribution in [3.63, 3.8) is 0 Å². The summed E-state index contributed by atoms with van der Waals surface area (Å²) < 4.78 is 38.1. The molecular weight excluding hydrogens is 191 g/mol. The maximum absolute atomic E-state index is 12.7. The minimum Gasteiger partial charge on any atom is -0.330 e. The van der Waals surface area contributed by atoms with Crippen LogP contribution in [0.2, 0.25) is 0 Å². The van der Waals surface area contributed by atoms with E-state index in [4.69, 9.17) is 5.73 Å². The third-order valence-electron chi connectivity index (χ3n) is 2.03. The average molecular weight is 203 g/mol. The zero-order valence-corrected chi connectivity index (χ0v) is 7.86. The van der Waals surface area contributed by atoms with E-state index in [-0.39, 0.29) is 5.92 Å². The Morgan fingerprint density at radius 3 is 2.14 bits per heavy atom. The average Bonchev–Trinajstić information content (AvgIpc) is 2.14. The largest absolute Gasteiger partial charge is 0.330 e. The molecule has 1 unspecified atom stereocenters. The fraction of sp³-hybridized carbons (Fsp3) is 0.400. The van der Waals surface area contributed by atoms with Crippen LogP contribution in [0.1, 0.15) is 12.5 Å². The van der Waals surface area contributed by atoms with E-state index in [2.05, 4.69) is 0 Å². The Morgan fingerprint density at radius 1 is 1.21 bits per heavy atom. The smallest absolute Gasteiger partial charge is 0.194 e. The van der Waals surface area contributed by atoms with Crippen molar-refractivity contribution < 1.29 is 13.2 Å². The Labute approximate surface area is 80.7 Å². The van der Waals surface area contributed by atoms with E-state index in [1.807, 2.05) is 6.92 Å². The van der Waals surface area contributed by atoms with Crippen LogP contribution in [0.15, 0.2) is 12.1 Å². The lowest BCUT2D eigenvalue weighted by atomic mass is 10.0. The van der Waals surface area contributed by atoms with Gasteiger partial charge in [-0.25, -0.2) is 13.2 Å². The highest BCUT2D eigenvalue weighted by Crippen LogP contribution is 2.16.